The molecule has 2 heterocycles. The molecule has 1 saturated heterocycles. The summed E-state index contributed by atoms with van der Waals surface area (Å²) in [5.41, 5.74) is 1.93. The zero-order valence-corrected chi connectivity index (χ0v) is 9.73. The van der Waals surface area contributed by atoms with E-state index in [1.807, 2.05) is 18.2 Å². The van der Waals surface area contributed by atoms with Crippen LogP contribution in [0.15, 0.2) is 18.2 Å². The van der Waals surface area contributed by atoms with Crippen LogP contribution in [0, 0.1) is 5.41 Å². The molecule has 0 radical (unpaired) electrons. The summed E-state index contributed by atoms with van der Waals surface area (Å²) in [6, 6.07) is 5.62. The molecule has 0 unspecified atom stereocenters. The monoisotopic (exact) mass is 247 g/mol. The molecule has 5 heteroatoms. The van der Waals surface area contributed by atoms with E-state index in [1.165, 1.54) is 0 Å². The number of benzene rings is 1. The van der Waals surface area contributed by atoms with Crippen LogP contribution >= 0.6 is 0 Å². The van der Waals surface area contributed by atoms with Crippen molar-refractivity contribution < 1.29 is 19.4 Å². The number of carboxylic acids is 1. The average Bonchev–Trinajstić information content (AvgIpc) is 2.62. The van der Waals surface area contributed by atoms with E-state index in [1.54, 1.807) is 0 Å². The number of fused-ring (bicyclic) bond motifs is 1. The fraction of sp³-hybridized carbons (Fsp3) is 0.385. The quantitative estimate of drug-likeness (QED) is 0.829. The van der Waals surface area contributed by atoms with Gasteiger partial charge in [-0.05, 0) is 23.6 Å². The summed E-state index contributed by atoms with van der Waals surface area (Å²) in [7, 11) is 0. The number of carboxylic acid groups (broad SMARTS) is 1. The molecule has 1 aromatic carbocycles. The number of hydrogen-bond donors (Lipinski definition) is 2. The van der Waals surface area contributed by atoms with Crippen molar-refractivity contribution in [1.82, 2.24) is 0 Å². The van der Waals surface area contributed by atoms with Crippen LogP contribution in [0.5, 0.6) is 0 Å². The Balaban J connectivity index is 1.84. The molecule has 2 N–H and O–H groups in total. The number of carbonyl (C=O) groups excluding carboxylic acids is 1. The second kappa shape index (κ2) is 3.81. The van der Waals surface area contributed by atoms with E-state index >= 15 is 0 Å². The fourth-order valence-corrected chi connectivity index (χ4v) is 2.43. The van der Waals surface area contributed by atoms with E-state index in [0.29, 0.717) is 12.8 Å². The molecule has 18 heavy (non-hydrogen) atoms. The molecular formula is C13H13NO4. The van der Waals surface area contributed by atoms with Gasteiger partial charge in [0.05, 0.1) is 19.6 Å². The minimum atomic E-state index is -0.816. The van der Waals surface area contributed by atoms with Crippen LogP contribution in [-0.4, -0.2) is 30.2 Å². The van der Waals surface area contributed by atoms with Crippen molar-refractivity contribution in [3.05, 3.63) is 29.3 Å². The number of carbonyl (C=O) groups is 2. The van der Waals surface area contributed by atoms with Gasteiger partial charge in [-0.1, -0.05) is 12.1 Å². The van der Waals surface area contributed by atoms with Gasteiger partial charge in [0.2, 0.25) is 5.91 Å². The van der Waals surface area contributed by atoms with E-state index in [4.69, 9.17) is 4.74 Å². The Morgan fingerprint density at radius 3 is 2.83 bits per heavy atom. The van der Waals surface area contributed by atoms with E-state index in [9.17, 15) is 14.7 Å². The summed E-state index contributed by atoms with van der Waals surface area (Å²) in [5.74, 6) is -0.828. The number of ether oxygens (including phenoxy) is 1. The van der Waals surface area contributed by atoms with Gasteiger partial charge < -0.3 is 15.2 Å². The predicted molar refractivity (Wildman–Crippen MR) is 63.4 cm³/mol. The number of anilines is 1. The van der Waals surface area contributed by atoms with Crippen LogP contribution in [0.25, 0.3) is 0 Å². The molecule has 0 aliphatic carbocycles. The molecule has 0 saturated carbocycles. The largest absolute Gasteiger partial charge is 0.481 e. The molecule has 1 fully saturated rings. The first-order valence-electron chi connectivity index (χ1n) is 5.82. The fourth-order valence-electron chi connectivity index (χ4n) is 2.43. The van der Waals surface area contributed by atoms with E-state index in [0.717, 1.165) is 16.8 Å². The Hall–Kier alpha value is -1.88. The maximum atomic E-state index is 11.2. The Morgan fingerprint density at radius 2 is 2.22 bits per heavy atom. The van der Waals surface area contributed by atoms with E-state index < -0.39 is 11.4 Å². The van der Waals surface area contributed by atoms with Crippen molar-refractivity contribution >= 4 is 17.6 Å². The first kappa shape index (κ1) is 11.2. The van der Waals surface area contributed by atoms with Gasteiger partial charge in [0.25, 0.3) is 0 Å². The second-order valence-electron chi connectivity index (χ2n) is 4.97. The summed E-state index contributed by atoms with van der Waals surface area (Å²) in [4.78, 5) is 22.5. The van der Waals surface area contributed by atoms with E-state index in [-0.39, 0.29) is 19.1 Å². The highest BCUT2D eigenvalue weighted by atomic mass is 16.5. The Morgan fingerprint density at radius 1 is 1.44 bits per heavy atom. The highest BCUT2D eigenvalue weighted by Crippen LogP contribution is 2.33. The number of nitrogens with one attached hydrogen (secondary N) is 1. The third-order valence-electron chi connectivity index (χ3n) is 3.55. The zero-order chi connectivity index (χ0) is 12.8. The molecule has 0 atom stereocenters. The maximum Gasteiger partial charge on any atom is 0.314 e. The van der Waals surface area contributed by atoms with Crippen LogP contribution in [-0.2, 0) is 27.2 Å². The first-order chi connectivity index (χ1) is 8.59. The Kier molecular flexibility index (Phi) is 2.38. The molecule has 2 aliphatic heterocycles. The summed E-state index contributed by atoms with van der Waals surface area (Å²) in [6.07, 6.45) is 0.823. The summed E-state index contributed by atoms with van der Waals surface area (Å²) >= 11 is 0. The van der Waals surface area contributed by atoms with Crippen molar-refractivity contribution in [3.63, 3.8) is 0 Å². The summed E-state index contributed by atoms with van der Waals surface area (Å²) in [5, 5.41) is 12.0. The minimum Gasteiger partial charge on any atom is -0.481 e. The van der Waals surface area contributed by atoms with Crippen molar-refractivity contribution in [1.29, 1.82) is 0 Å². The van der Waals surface area contributed by atoms with Gasteiger partial charge in [0, 0.05) is 5.69 Å². The Bertz CT molecular complexity index is 534. The normalized spacial score (nSPS) is 19.9. The van der Waals surface area contributed by atoms with E-state index in [2.05, 4.69) is 5.32 Å². The van der Waals surface area contributed by atoms with Crippen LogP contribution in [0.3, 0.4) is 0 Å². The third kappa shape index (κ3) is 1.67. The molecular weight excluding hydrogens is 234 g/mol. The highest BCUT2D eigenvalue weighted by molar-refractivity contribution is 5.99. The standard InChI is InChI=1S/C13H13NO4/c15-11-4-9-3-8(1-2-10(9)14-11)5-13(12(16)17)6-18-7-13/h1-3H,4-7H2,(H,14,15)(H,16,17). The van der Waals surface area contributed by atoms with Gasteiger partial charge in [-0.15, -0.1) is 0 Å². The summed E-state index contributed by atoms with van der Waals surface area (Å²) in [6.45, 7) is 0.521. The van der Waals surface area contributed by atoms with Gasteiger partial charge in [0.1, 0.15) is 5.41 Å². The highest BCUT2D eigenvalue weighted by Gasteiger charge is 2.46. The van der Waals surface area contributed by atoms with Crippen LogP contribution in [0.2, 0.25) is 0 Å². The number of rotatable bonds is 3. The second-order valence-corrected chi connectivity index (χ2v) is 4.97. The average molecular weight is 247 g/mol. The number of aliphatic carboxylic acids is 1. The molecule has 0 spiro atoms. The lowest BCUT2D eigenvalue weighted by molar-refractivity contribution is -0.179. The van der Waals surface area contributed by atoms with Crippen molar-refractivity contribution in [3.8, 4) is 0 Å². The molecule has 94 valence electrons. The first-order valence-corrected chi connectivity index (χ1v) is 5.82. The third-order valence-corrected chi connectivity index (χ3v) is 3.55. The molecule has 3 rings (SSSR count). The molecule has 2 aliphatic rings. The van der Waals surface area contributed by atoms with Gasteiger partial charge in [-0.3, -0.25) is 9.59 Å². The Labute approximate surface area is 104 Å². The molecule has 1 amide bonds. The maximum absolute atomic E-state index is 11.2. The van der Waals surface area contributed by atoms with Crippen LogP contribution in [0.4, 0.5) is 5.69 Å². The lowest BCUT2D eigenvalue weighted by Gasteiger charge is -2.37. The van der Waals surface area contributed by atoms with Crippen molar-refractivity contribution in [2.45, 2.75) is 12.8 Å². The van der Waals surface area contributed by atoms with Gasteiger partial charge >= 0.3 is 5.97 Å². The molecule has 0 aromatic heterocycles. The van der Waals surface area contributed by atoms with Gasteiger partial charge in [-0.25, -0.2) is 0 Å². The van der Waals surface area contributed by atoms with Crippen LogP contribution < -0.4 is 5.32 Å². The zero-order valence-electron chi connectivity index (χ0n) is 9.73. The lowest BCUT2D eigenvalue weighted by Crippen LogP contribution is -2.50. The van der Waals surface area contributed by atoms with Crippen LogP contribution in [0.1, 0.15) is 11.1 Å². The lowest BCUT2D eigenvalue weighted by atomic mass is 9.79. The smallest absolute Gasteiger partial charge is 0.314 e. The molecule has 5 nitrogen and oxygen atoms in total. The predicted octanol–water partition coefficient (Wildman–Crippen LogP) is 0.825. The van der Waals surface area contributed by atoms with Crippen molar-refractivity contribution in [2.75, 3.05) is 18.5 Å². The van der Waals surface area contributed by atoms with Gasteiger partial charge in [-0.2, -0.15) is 0 Å². The number of hydrogen-bond acceptors (Lipinski definition) is 3. The topological polar surface area (TPSA) is 75.6 Å². The van der Waals surface area contributed by atoms with Gasteiger partial charge in [0.15, 0.2) is 0 Å². The molecule has 0 bridgehead atoms. The SMILES string of the molecule is O=C1Cc2cc(CC3(C(=O)O)COC3)ccc2N1. The minimum absolute atomic E-state index is 0.0120. The van der Waals surface area contributed by atoms with Crippen molar-refractivity contribution in [2.24, 2.45) is 5.41 Å². The number of amides is 1. The molecule has 1 aromatic rings. The summed E-state index contributed by atoms with van der Waals surface area (Å²) < 4.78 is 5.03.